The van der Waals surface area contributed by atoms with Gasteiger partial charge in [0.1, 0.15) is 0 Å². The van der Waals surface area contributed by atoms with Crippen LogP contribution in [0.5, 0.6) is 0 Å². The standard InChI is InChI=1S/C16H24N2O2S/c1-17(9-12-3-2-4-14(12)19)11-16(20)18-7-5-15-13(10-18)6-8-21-15/h6,8,12,14,19H,2-5,7,9-11H2,1H3. The van der Waals surface area contributed by atoms with E-state index in [2.05, 4.69) is 16.3 Å². The molecule has 0 bridgehead atoms. The largest absolute Gasteiger partial charge is 0.393 e. The number of hydrogen-bond donors (Lipinski definition) is 1. The summed E-state index contributed by atoms with van der Waals surface area (Å²) in [5, 5.41) is 12.0. The third-order valence-corrected chi connectivity index (χ3v) is 5.75. The summed E-state index contributed by atoms with van der Waals surface area (Å²) in [6.45, 7) is 2.89. The summed E-state index contributed by atoms with van der Waals surface area (Å²) in [6, 6.07) is 2.14. The monoisotopic (exact) mass is 308 g/mol. The molecule has 5 heteroatoms. The topological polar surface area (TPSA) is 43.8 Å². The van der Waals surface area contributed by atoms with Crippen molar-refractivity contribution in [3.8, 4) is 0 Å². The number of amides is 1. The zero-order valence-corrected chi connectivity index (χ0v) is 13.4. The number of thiophene rings is 1. The van der Waals surface area contributed by atoms with Crippen LogP contribution in [0.3, 0.4) is 0 Å². The molecule has 1 saturated carbocycles. The quantitative estimate of drug-likeness (QED) is 0.921. The van der Waals surface area contributed by atoms with E-state index in [0.29, 0.717) is 12.5 Å². The molecule has 3 rings (SSSR count). The zero-order chi connectivity index (χ0) is 14.8. The molecule has 0 saturated heterocycles. The van der Waals surface area contributed by atoms with Crippen LogP contribution in [0.25, 0.3) is 0 Å². The van der Waals surface area contributed by atoms with Gasteiger partial charge in [0.05, 0.1) is 12.6 Å². The predicted molar refractivity (Wildman–Crippen MR) is 84.3 cm³/mol. The van der Waals surface area contributed by atoms with Crippen molar-refractivity contribution in [1.29, 1.82) is 0 Å². The van der Waals surface area contributed by atoms with E-state index >= 15 is 0 Å². The average molecular weight is 308 g/mol. The van der Waals surface area contributed by atoms with Gasteiger partial charge in [-0.3, -0.25) is 9.69 Å². The molecule has 2 heterocycles. The molecule has 1 fully saturated rings. The van der Waals surface area contributed by atoms with Gasteiger partial charge in [-0.2, -0.15) is 0 Å². The van der Waals surface area contributed by atoms with Gasteiger partial charge in [0.15, 0.2) is 0 Å². The maximum absolute atomic E-state index is 12.4. The molecule has 2 atom stereocenters. The van der Waals surface area contributed by atoms with Crippen LogP contribution >= 0.6 is 11.3 Å². The first kappa shape index (κ1) is 15.0. The van der Waals surface area contributed by atoms with Crippen molar-refractivity contribution in [3.63, 3.8) is 0 Å². The van der Waals surface area contributed by atoms with Crippen molar-refractivity contribution in [2.45, 2.75) is 38.3 Å². The minimum absolute atomic E-state index is 0.175. The third-order valence-electron chi connectivity index (χ3n) is 4.73. The highest BCUT2D eigenvalue weighted by molar-refractivity contribution is 7.10. The molecule has 21 heavy (non-hydrogen) atoms. The van der Waals surface area contributed by atoms with Gasteiger partial charge in [0.2, 0.25) is 5.91 Å². The Morgan fingerprint density at radius 1 is 1.52 bits per heavy atom. The van der Waals surface area contributed by atoms with Crippen LogP contribution in [0.1, 0.15) is 29.7 Å². The molecule has 4 nitrogen and oxygen atoms in total. The second-order valence-corrected chi connectivity index (χ2v) is 7.39. The lowest BCUT2D eigenvalue weighted by Crippen LogP contribution is -2.42. The molecule has 1 aliphatic heterocycles. The smallest absolute Gasteiger partial charge is 0.237 e. The molecular formula is C16H24N2O2S. The van der Waals surface area contributed by atoms with Gasteiger partial charge in [-0.05, 0) is 49.2 Å². The fourth-order valence-corrected chi connectivity index (χ4v) is 4.38. The Morgan fingerprint density at radius 3 is 3.14 bits per heavy atom. The SMILES string of the molecule is CN(CC(=O)N1CCc2sccc2C1)CC1CCCC1O. The Bertz CT molecular complexity index is 502. The molecule has 0 spiro atoms. The van der Waals surface area contributed by atoms with E-state index in [1.165, 1.54) is 10.4 Å². The van der Waals surface area contributed by atoms with Crippen molar-refractivity contribution in [3.05, 3.63) is 21.9 Å². The molecule has 0 radical (unpaired) electrons. The first-order valence-electron chi connectivity index (χ1n) is 7.83. The first-order chi connectivity index (χ1) is 10.1. The first-order valence-corrected chi connectivity index (χ1v) is 8.71. The minimum Gasteiger partial charge on any atom is -0.393 e. The Balaban J connectivity index is 1.50. The lowest BCUT2D eigenvalue weighted by atomic mass is 10.1. The number of aliphatic hydroxyl groups is 1. The van der Waals surface area contributed by atoms with Crippen molar-refractivity contribution in [2.75, 3.05) is 26.7 Å². The van der Waals surface area contributed by atoms with Gasteiger partial charge in [-0.25, -0.2) is 0 Å². The summed E-state index contributed by atoms with van der Waals surface area (Å²) in [5.41, 5.74) is 1.31. The molecule has 2 unspecified atom stereocenters. The normalized spacial score (nSPS) is 25.4. The number of aliphatic hydroxyl groups excluding tert-OH is 1. The van der Waals surface area contributed by atoms with E-state index in [9.17, 15) is 9.90 Å². The van der Waals surface area contributed by atoms with Crippen molar-refractivity contribution < 1.29 is 9.90 Å². The summed E-state index contributed by atoms with van der Waals surface area (Å²) in [4.78, 5) is 17.9. The third kappa shape index (κ3) is 3.47. The van der Waals surface area contributed by atoms with E-state index in [1.54, 1.807) is 11.3 Å². The Kier molecular flexibility index (Phi) is 4.62. The maximum Gasteiger partial charge on any atom is 0.237 e. The highest BCUT2D eigenvalue weighted by atomic mass is 32.1. The molecular weight excluding hydrogens is 284 g/mol. The van der Waals surface area contributed by atoms with E-state index in [1.807, 2.05) is 11.9 Å². The number of hydrogen-bond acceptors (Lipinski definition) is 4. The van der Waals surface area contributed by atoms with Gasteiger partial charge in [-0.1, -0.05) is 6.42 Å². The number of carbonyl (C=O) groups is 1. The van der Waals surface area contributed by atoms with Gasteiger partial charge < -0.3 is 10.0 Å². The molecule has 1 aromatic heterocycles. The number of carbonyl (C=O) groups excluding carboxylic acids is 1. The summed E-state index contributed by atoms with van der Waals surface area (Å²) >= 11 is 1.80. The average Bonchev–Trinajstić information content (AvgIpc) is 3.07. The summed E-state index contributed by atoms with van der Waals surface area (Å²) in [6.07, 6.45) is 3.93. The highest BCUT2D eigenvalue weighted by Crippen LogP contribution is 2.26. The van der Waals surface area contributed by atoms with E-state index < -0.39 is 0 Å². The Morgan fingerprint density at radius 2 is 2.38 bits per heavy atom. The molecule has 0 aromatic carbocycles. The summed E-state index contributed by atoms with van der Waals surface area (Å²) < 4.78 is 0. The van der Waals surface area contributed by atoms with Crippen molar-refractivity contribution >= 4 is 17.2 Å². The number of nitrogens with zero attached hydrogens (tertiary/aromatic N) is 2. The second-order valence-electron chi connectivity index (χ2n) is 6.39. The lowest BCUT2D eigenvalue weighted by Gasteiger charge is -2.30. The fourth-order valence-electron chi connectivity index (χ4n) is 3.49. The summed E-state index contributed by atoms with van der Waals surface area (Å²) in [5.74, 6) is 0.550. The van der Waals surface area contributed by atoms with Crippen LogP contribution < -0.4 is 0 Å². The highest BCUT2D eigenvalue weighted by Gasteiger charge is 2.28. The van der Waals surface area contributed by atoms with Crippen molar-refractivity contribution in [2.24, 2.45) is 5.92 Å². The van der Waals surface area contributed by atoms with Crippen LogP contribution in [-0.4, -0.2) is 53.6 Å². The van der Waals surface area contributed by atoms with Gasteiger partial charge in [0.25, 0.3) is 0 Å². The molecule has 1 N–H and O–H groups in total. The van der Waals surface area contributed by atoms with Crippen LogP contribution in [0.15, 0.2) is 11.4 Å². The van der Waals surface area contributed by atoms with Crippen LogP contribution in [0.4, 0.5) is 0 Å². The van der Waals surface area contributed by atoms with E-state index in [-0.39, 0.29) is 12.0 Å². The number of rotatable bonds is 4. The van der Waals surface area contributed by atoms with Crippen LogP contribution in [0.2, 0.25) is 0 Å². The second kappa shape index (κ2) is 6.46. The number of fused-ring (bicyclic) bond motifs is 1. The zero-order valence-electron chi connectivity index (χ0n) is 12.6. The predicted octanol–water partition coefficient (Wildman–Crippen LogP) is 1.73. The summed E-state index contributed by atoms with van der Waals surface area (Å²) in [7, 11) is 1.99. The molecule has 1 aliphatic carbocycles. The molecule has 116 valence electrons. The molecule has 2 aliphatic rings. The Labute approximate surface area is 130 Å². The molecule has 1 amide bonds. The lowest BCUT2D eigenvalue weighted by molar-refractivity contribution is -0.133. The number of likely N-dealkylation sites (N-methyl/N-ethyl adjacent to an activating group) is 1. The maximum atomic E-state index is 12.4. The van der Waals surface area contributed by atoms with E-state index in [0.717, 1.165) is 45.3 Å². The van der Waals surface area contributed by atoms with Gasteiger partial charge in [0, 0.05) is 24.5 Å². The van der Waals surface area contributed by atoms with Gasteiger partial charge in [-0.15, -0.1) is 11.3 Å². The van der Waals surface area contributed by atoms with Crippen LogP contribution in [-0.2, 0) is 17.8 Å². The van der Waals surface area contributed by atoms with Gasteiger partial charge >= 0.3 is 0 Å². The fraction of sp³-hybridized carbons (Fsp3) is 0.688. The minimum atomic E-state index is -0.175. The van der Waals surface area contributed by atoms with Crippen molar-refractivity contribution in [1.82, 2.24) is 9.80 Å². The van der Waals surface area contributed by atoms with Crippen LogP contribution in [0, 0.1) is 5.92 Å². The Hall–Kier alpha value is -0.910. The van der Waals surface area contributed by atoms with E-state index in [4.69, 9.17) is 0 Å². The molecule has 1 aromatic rings.